The van der Waals surface area contributed by atoms with Gasteiger partial charge in [0.25, 0.3) is 0 Å². The van der Waals surface area contributed by atoms with Gasteiger partial charge in [-0.05, 0) is 13.8 Å². The van der Waals surface area contributed by atoms with Crippen LogP contribution in [0.2, 0.25) is 0 Å². The van der Waals surface area contributed by atoms with E-state index in [4.69, 9.17) is 16.4 Å². The first-order valence-electron chi connectivity index (χ1n) is 3.34. The Balaban J connectivity index is 4.26. The number of carbonyl (C=O) groups excluding carboxylic acids is 1. The molecule has 2 unspecified atom stereocenters. The molecule has 0 aromatic rings. The summed E-state index contributed by atoms with van der Waals surface area (Å²) in [7, 11) is -4.03. The van der Waals surface area contributed by atoms with Crippen molar-refractivity contribution in [3.63, 3.8) is 0 Å². The summed E-state index contributed by atoms with van der Waals surface area (Å²) in [6, 6.07) is -0.927. The monoisotopic (exact) mass is 196 g/mol. The van der Waals surface area contributed by atoms with E-state index in [1.165, 1.54) is 13.8 Å². The van der Waals surface area contributed by atoms with Gasteiger partial charge in [0, 0.05) is 0 Å². The van der Waals surface area contributed by atoms with Crippen LogP contribution in [-0.2, 0) is 13.9 Å². The molecule has 0 saturated heterocycles. The molecule has 0 spiro atoms. The summed E-state index contributed by atoms with van der Waals surface area (Å²) in [6.07, 6.45) is 0. The van der Waals surface area contributed by atoms with Crippen molar-refractivity contribution in [1.82, 2.24) is 0 Å². The predicted molar refractivity (Wildman–Crippen MR) is 43.2 cm³/mol. The van der Waals surface area contributed by atoms with Gasteiger partial charge in [0.05, 0.1) is 0 Å². The van der Waals surface area contributed by atoms with Crippen LogP contribution >= 0.6 is 7.60 Å². The second-order valence-electron chi connectivity index (χ2n) is 2.50. The summed E-state index contributed by atoms with van der Waals surface area (Å²) in [5, 5.41) is 0. The largest absolute Gasteiger partial charge is 0.395 e. The molecule has 0 saturated carbocycles. The zero-order valence-electron chi connectivity index (χ0n) is 6.93. The van der Waals surface area contributed by atoms with E-state index in [2.05, 4.69) is 4.52 Å². The Morgan fingerprint density at radius 1 is 1.50 bits per heavy atom. The van der Waals surface area contributed by atoms with Gasteiger partial charge in [0.15, 0.2) is 0 Å². The van der Waals surface area contributed by atoms with E-state index in [1.807, 2.05) is 0 Å². The van der Waals surface area contributed by atoms with Crippen molar-refractivity contribution in [2.24, 2.45) is 11.5 Å². The van der Waals surface area contributed by atoms with E-state index in [0.29, 0.717) is 0 Å². The van der Waals surface area contributed by atoms with E-state index in [0.717, 1.165) is 0 Å². The van der Waals surface area contributed by atoms with E-state index >= 15 is 0 Å². The summed E-state index contributed by atoms with van der Waals surface area (Å²) in [5.41, 5.74) is 10.2. The normalized spacial score (nSPS) is 20.8. The van der Waals surface area contributed by atoms with Crippen molar-refractivity contribution in [2.75, 3.05) is 0 Å². The number of hydrogen-bond donors (Lipinski definition) is 3. The lowest BCUT2D eigenvalue weighted by molar-refractivity contribution is -0.135. The summed E-state index contributed by atoms with van der Waals surface area (Å²) < 4.78 is 15.1. The summed E-state index contributed by atoms with van der Waals surface area (Å²) in [4.78, 5) is 19.7. The third-order valence-corrected chi connectivity index (χ3v) is 2.58. The molecule has 6 nitrogen and oxygen atoms in total. The van der Waals surface area contributed by atoms with Gasteiger partial charge in [0.1, 0.15) is 11.8 Å². The number of hydrogen-bond acceptors (Lipinski definition) is 5. The third kappa shape index (κ3) is 3.32. The first-order valence-corrected chi connectivity index (χ1v) is 4.99. The lowest BCUT2D eigenvalue weighted by atomic mass is 10.4. The van der Waals surface area contributed by atoms with Crippen molar-refractivity contribution in [3.8, 4) is 0 Å². The minimum absolute atomic E-state index is 0.927. The molecule has 0 aliphatic rings. The Morgan fingerprint density at radius 3 is 2.17 bits per heavy atom. The van der Waals surface area contributed by atoms with Crippen LogP contribution in [0.5, 0.6) is 0 Å². The van der Waals surface area contributed by atoms with Crippen molar-refractivity contribution in [2.45, 2.75) is 25.7 Å². The van der Waals surface area contributed by atoms with Gasteiger partial charge in [0.2, 0.25) is 0 Å². The van der Waals surface area contributed by atoms with Crippen LogP contribution in [-0.4, -0.2) is 22.7 Å². The SMILES string of the molecule is CC(N)P(=O)(O)OC(=O)[C@H](C)N. The fourth-order valence-electron chi connectivity index (χ4n) is 0.295. The Kier molecular flexibility index (Phi) is 3.86. The maximum Gasteiger partial charge on any atom is 0.395 e. The van der Waals surface area contributed by atoms with Crippen molar-refractivity contribution >= 4 is 13.6 Å². The maximum absolute atomic E-state index is 11.0. The van der Waals surface area contributed by atoms with Crippen LogP contribution < -0.4 is 11.5 Å². The molecule has 0 aromatic carbocycles. The molecular weight excluding hydrogens is 183 g/mol. The number of carbonyl (C=O) groups is 1. The second-order valence-corrected chi connectivity index (χ2v) is 4.63. The van der Waals surface area contributed by atoms with Gasteiger partial charge in [-0.2, -0.15) is 0 Å². The van der Waals surface area contributed by atoms with Crippen LogP contribution in [0.4, 0.5) is 0 Å². The summed E-state index contributed by atoms with van der Waals surface area (Å²) >= 11 is 0. The van der Waals surface area contributed by atoms with Gasteiger partial charge >= 0.3 is 13.6 Å². The standard InChI is InChI=1S/C5H13N2O4P/c1-3(6)5(8)11-12(9,10)4(2)7/h3-4H,6-7H2,1-2H3,(H,9,10)/t3-,4?/m0/s1. The Labute approximate surface area is 70.4 Å². The number of rotatable bonds is 3. The molecule has 0 amide bonds. The van der Waals surface area contributed by atoms with Gasteiger partial charge in [-0.25, -0.2) is 4.57 Å². The maximum atomic E-state index is 11.0. The molecule has 12 heavy (non-hydrogen) atoms. The molecule has 7 heteroatoms. The third-order valence-electron chi connectivity index (χ3n) is 1.11. The fourth-order valence-corrected chi connectivity index (χ4v) is 0.886. The molecule has 0 bridgehead atoms. The van der Waals surface area contributed by atoms with Crippen LogP contribution in [0.3, 0.4) is 0 Å². The highest BCUT2D eigenvalue weighted by Gasteiger charge is 2.30. The molecule has 3 atom stereocenters. The van der Waals surface area contributed by atoms with E-state index in [9.17, 15) is 9.36 Å². The molecular formula is C5H13N2O4P. The predicted octanol–water partition coefficient (Wildman–Crippen LogP) is -0.633. The first-order chi connectivity index (χ1) is 5.27. The van der Waals surface area contributed by atoms with Gasteiger partial charge in [-0.1, -0.05) is 0 Å². The molecule has 5 N–H and O–H groups in total. The second kappa shape index (κ2) is 4.00. The Morgan fingerprint density at radius 2 is 1.92 bits per heavy atom. The fraction of sp³-hybridized carbons (Fsp3) is 0.800. The molecule has 0 rings (SSSR count). The Bertz CT molecular complexity index is 215. The smallest absolute Gasteiger partial charge is 0.390 e. The molecule has 0 radical (unpaired) electrons. The molecule has 0 aliphatic heterocycles. The topological polar surface area (TPSA) is 116 Å². The van der Waals surface area contributed by atoms with Crippen LogP contribution in [0.15, 0.2) is 0 Å². The lowest BCUT2D eigenvalue weighted by Gasteiger charge is -2.15. The lowest BCUT2D eigenvalue weighted by Crippen LogP contribution is -2.30. The summed E-state index contributed by atoms with van der Waals surface area (Å²) in [6.45, 7) is 2.62. The highest BCUT2D eigenvalue weighted by molar-refractivity contribution is 7.54. The van der Waals surface area contributed by atoms with Crippen molar-refractivity contribution in [1.29, 1.82) is 0 Å². The minimum Gasteiger partial charge on any atom is -0.390 e. The molecule has 0 aromatic heterocycles. The molecule has 0 heterocycles. The number of nitrogens with two attached hydrogens (primary N) is 2. The molecule has 0 aliphatic carbocycles. The zero-order chi connectivity index (χ0) is 9.94. The highest BCUT2D eigenvalue weighted by Crippen LogP contribution is 2.44. The van der Waals surface area contributed by atoms with E-state index in [-0.39, 0.29) is 0 Å². The Hall–Kier alpha value is -0.420. The molecule has 72 valence electrons. The van der Waals surface area contributed by atoms with Gasteiger partial charge < -0.3 is 20.9 Å². The highest BCUT2D eigenvalue weighted by atomic mass is 31.2. The minimum atomic E-state index is -4.03. The average molecular weight is 196 g/mol. The van der Waals surface area contributed by atoms with Crippen molar-refractivity contribution < 1.29 is 18.8 Å². The first kappa shape index (κ1) is 11.6. The van der Waals surface area contributed by atoms with Gasteiger partial charge in [-0.15, -0.1) is 0 Å². The van der Waals surface area contributed by atoms with Crippen LogP contribution in [0, 0.1) is 0 Å². The van der Waals surface area contributed by atoms with Crippen LogP contribution in [0.25, 0.3) is 0 Å². The van der Waals surface area contributed by atoms with E-state index in [1.54, 1.807) is 0 Å². The van der Waals surface area contributed by atoms with E-state index < -0.39 is 25.4 Å². The van der Waals surface area contributed by atoms with Crippen LogP contribution in [0.1, 0.15) is 13.8 Å². The molecule has 0 fully saturated rings. The van der Waals surface area contributed by atoms with Crippen molar-refractivity contribution in [3.05, 3.63) is 0 Å². The van der Waals surface area contributed by atoms with Gasteiger partial charge in [-0.3, -0.25) is 4.79 Å². The average Bonchev–Trinajstić information content (AvgIpc) is 1.85. The zero-order valence-corrected chi connectivity index (χ0v) is 7.82. The quantitative estimate of drug-likeness (QED) is 0.517. The summed E-state index contributed by atoms with van der Waals surface area (Å²) in [5.74, 6) is -2.03.